The maximum Gasteiger partial charge on any atom is 0.306 e. The van der Waals surface area contributed by atoms with Crippen LogP contribution < -0.4 is 0 Å². The smallest absolute Gasteiger partial charge is 0.306 e. The monoisotopic (exact) mass is 665 g/mol. The zero-order valence-corrected chi connectivity index (χ0v) is 30.5. The molecule has 5 nitrogen and oxygen atoms in total. The summed E-state index contributed by atoms with van der Waals surface area (Å²) in [6.07, 6.45) is 53.2. The highest BCUT2D eigenvalue weighted by atomic mass is 16.6. The highest BCUT2D eigenvalue weighted by molar-refractivity contribution is 5.70. The molecule has 0 aliphatic heterocycles. The zero-order valence-electron chi connectivity index (χ0n) is 30.5. The molecule has 0 aromatic rings. The maximum atomic E-state index is 12.1. The Morgan fingerprint density at radius 3 is 1.40 bits per heavy atom. The molecule has 0 radical (unpaired) electrons. The SMILES string of the molecule is CCC=CCC=CCC=CCC=CCCCCCCC(=O)OCC(CO)OC(=O)CCCC=CCC=CCC=CCC=CCCCCC. The van der Waals surface area contributed by atoms with E-state index in [1.807, 2.05) is 0 Å². The van der Waals surface area contributed by atoms with Gasteiger partial charge in [-0.1, -0.05) is 137 Å². The molecule has 0 saturated heterocycles. The van der Waals surface area contributed by atoms with Crippen LogP contribution in [-0.2, 0) is 19.1 Å². The third-order valence-corrected chi connectivity index (χ3v) is 7.36. The summed E-state index contributed by atoms with van der Waals surface area (Å²) in [6.45, 7) is 3.90. The highest BCUT2D eigenvalue weighted by Crippen LogP contribution is 2.09. The topological polar surface area (TPSA) is 72.8 Å². The van der Waals surface area contributed by atoms with Gasteiger partial charge < -0.3 is 14.6 Å². The normalized spacial score (nSPS) is 13.3. The van der Waals surface area contributed by atoms with Gasteiger partial charge >= 0.3 is 11.9 Å². The van der Waals surface area contributed by atoms with Crippen molar-refractivity contribution in [3.63, 3.8) is 0 Å². The number of hydrogen-bond donors (Lipinski definition) is 1. The standard InChI is InChI=1S/C43H68O5/c1-3-5-7-9-11-13-15-17-19-21-23-25-27-29-31-33-35-37-42(45)47-40-41(39-44)48-43(46)38-36-34-32-30-28-26-24-22-20-18-16-14-12-10-8-6-4-2/h5,7,11-14,17-20,23-26,30,32,41,44H,3-4,6,8-10,15-16,21-22,27-29,31,33-40H2,1-2H3. The summed E-state index contributed by atoms with van der Waals surface area (Å²) in [5.74, 6) is -0.696. The van der Waals surface area contributed by atoms with Crippen LogP contribution in [0.4, 0.5) is 0 Å². The van der Waals surface area contributed by atoms with E-state index in [0.717, 1.165) is 83.5 Å². The van der Waals surface area contributed by atoms with E-state index in [4.69, 9.17) is 9.47 Å². The molecule has 0 bridgehead atoms. The maximum absolute atomic E-state index is 12.1. The van der Waals surface area contributed by atoms with Gasteiger partial charge in [-0.3, -0.25) is 9.59 Å². The third-order valence-electron chi connectivity index (χ3n) is 7.36. The molecule has 0 aliphatic carbocycles. The third kappa shape index (κ3) is 35.7. The molecule has 0 saturated carbocycles. The van der Waals surface area contributed by atoms with Gasteiger partial charge in [-0.25, -0.2) is 0 Å². The number of hydrogen-bond acceptors (Lipinski definition) is 5. The minimum Gasteiger partial charge on any atom is -0.462 e. The van der Waals surface area contributed by atoms with Crippen molar-refractivity contribution in [1.29, 1.82) is 0 Å². The van der Waals surface area contributed by atoms with E-state index in [9.17, 15) is 14.7 Å². The quantitative estimate of drug-likeness (QED) is 0.0440. The Hall–Kier alpha value is -3.18. The molecule has 48 heavy (non-hydrogen) atoms. The van der Waals surface area contributed by atoms with Crippen molar-refractivity contribution in [2.24, 2.45) is 0 Å². The van der Waals surface area contributed by atoms with Crippen LogP contribution in [0.15, 0.2) is 97.2 Å². The van der Waals surface area contributed by atoms with Gasteiger partial charge in [-0.2, -0.15) is 0 Å². The first-order valence-corrected chi connectivity index (χ1v) is 18.8. The van der Waals surface area contributed by atoms with Crippen LogP contribution in [0.2, 0.25) is 0 Å². The van der Waals surface area contributed by atoms with Gasteiger partial charge in [0.05, 0.1) is 6.61 Å². The van der Waals surface area contributed by atoms with Gasteiger partial charge in [0.1, 0.15) is 6.61 Å². The summed E-state index contributed by atoms with van der Waals surface area (Å²) < 4.78 is 10.5. The average molecular weight is 665 g/mol. The number of carbonyl (C=O) groups excluding carboxylic acids is 2. The van der Waals surface area contributed by atoms with E-state index in [1.165, 1.54) is 25.7 Å². The first-order valence-electron chi connectivity index (χ1n) is 18.8. The van der Waals surface area contributed by atoms with Crippen LogP contribution in [0.5, 0.6) is 0 Å². The predicted molar refractivity (Wildman–Crippen MR) is 205 cm³/mol. The largest absolute Gasteiger partial charge is 0.462 e. The Kier molecular flexibility index (Phi) is 35.7. The Bertz CT molecular complexity index is 979. The molecule has 0 amide bonds. The molecule has 0 aliphatic rings. The second kappa shape index (κ2) is 38.3. The lowest BCUT2D eigenvalue weighted by Gasteiger charge is -2.15. The number of unbranched alkanes of at least 4 members (excludes halogenated alkanes) is 8. The van der Waals surface area contributed by atoms with Gasteiger partial charge in [0.25, 0.3) is 0 Å². The number of aliphatic hydroxyl groups is 1. The highest BCUT2D eigenvalue weighted by Gasteiger charge is 2.15. The fraction of sp³-hybridized carbons (Fsp3) is 0.581. The van der Waals surface area contributed by atoms with Gasteiger partial charge in [0.15, 0.2) is 6.10 Å². The number of rotatable bonds is 32. The van der Waals surface area contributed by atoms with E-state index in [0.29, 0.717) is 12.8 Å². The molecule has 0 rings (SSSR count). The summed E-state index contributed by atoms with van der Waals surface area (Å²) in [5, 5.41) is 9.53. The van der Waals surface area contributed by atoms with Gasteiger partial charge in [-0.05, 0) is 89.9 Å². The fourth-order valence-electron chi connectivity index (χ4n) is 4.53. The Morgan fingerprint density at radius 2 is 0.917 bits per heavy atom. The second-order valence-corrected chi connectivity index (χ2v) is 11.9. The van der Waals surface area contributed by atoms with Crippen LogP contribution in [0.3, 0.4) is 0 Å². The summed E-state index contributed by atoms with van der Waals surface area (Å²) in [4.78, 5) is 24.2. The first kappa shape index (κ1) is 44.8. The van der Waals surface area contributed by atoms with E-state index >= 15 is 0 Å². The van der Waals surface area contributed by atoms with Crippen LogP contribution in [0, 0.1) is 0 Å². The average Bonchev–Trinajstić information content (AvgIpc) is 3.09. The number of esters is 2. The lowest BCUT2D eigenvalue weighted by molar-refractivity contribution is -0.161. The van der Waals surface area contributed by atoms with E-state index in [2.05, 4.69) is 111 Å². The van der Waals surface area contributed by atoms with Crippen LogP contribution in [0.25, 0.3) is 0 Å². The van der Waals surface area contributed by atoms with Crippen LogP contribution in [0.1, 0.15) is 142 Å². The van der Waals surface area contributed by atoms with Gasteiger partial charge in [0.2, 0.25) is 0 Å². The van der Waals surface area contributed by atoms with E-state index < -0.39 is 6.10 Å². The molecule has 0 spiro atoms. The molecular formula is C43H68O5. The van der Waals surface area contributed by atoms with Crippen molar-refractivity contribution in [2.75, 3.05) is 13.2 Å². The molecule has 0 fully saturated rings. The molecule has 0 aromatic heterocycles. The van der Waals surface area contributed by atoms with E-state index in [1.54, 1.807) is 0 Å². The molecule has 270 valence electrons. The summed E-state index contributed by atoms with van der Waals surface area (Å²) in [5.41, 5.74) is 0. The molecular weight excluding hydrogens is 596 g/mol. The van der Waals surface area contributed by atoms with Crippen LogP contribution in [-0.4, -0.2) is 36.4 Å². The van der Waals surface area contributed by atoms with Crippen LogP contribution >= 0.6 is 0 Å². The Balaban J connectivity index is 3.76. The lowest BCUT2D eigenvalue weighted by atomic mass is 10.1. The minimum absolute atomic E-state index is 0.107. The number of aliphatic hydroxyl groups excluding tert-OH is 1. The van der Waals surface area contributed by atoms with Gasteiger partial charge in [0, 0.05) is 12.8 Å². The molecule has 5 heteroatoms. The van der Waals surface area contributed by atoms with Crippen molar-refractivity contribution >= 4 is 11.9 Å². The van der Waals surface area contributed by atoms with E-state index in [-0.39, 0.29) is 31.6 Å². The van der Waals surface area contributed by atoms with Crippen molar-refractivity contribution in [3.05, 3.63) is 97.2 Å². The lowest BCUT2D eigenvalue weighted by Crippen LogP contribution is -2.28. The predicted octanol–water partition coefficient (Wildman–Crippen LogP) is 11.7. The summed E-state index contributed by atoms with van der Waals surface area (Å²) in [6, 6.07) is 0. The number of carbonyl (C=O) groups is 2. The molecule has 1 unspecified atom stereocenters. The van der Waals surface area contributed by atoms with Crippen molar-refractivity contribution in [2.45, 2.75) is 148 Å². The molecule has 1 atom stereocenters. The minimum atomic E-state index is -0.816. The molecule has 0 heterocycles. The Labute approximate surface area is 294 Å². The number of allylic oxidation sites excluding steroid dienone is 16. The van der Waals surface area contributed by atoms with Crippen molar-refractivity contribution in [3.8, 4) is 0 Å². The summed E-state index contributed by atoms with van der Waals surface area (Å²) in [7, 11) is 0. The van der Waals surface area contributed by atoms with Crippen molar-refractivity contribution in [1.82, 2.24) is 0 Å². The van der Waals surface area contributed by atoms with Crippen molar-refractivity contribution < 1.29 is 24.2 Å². The zero-order chi connectivity index (χ0) is 35.0. The Morgan fingerprint density at radius 1 is 0.500 bits per heavy atom. The number of ether oxygens (including phenoxy) is 2. The van der Waals surface area contributed by atoms with Gasteiger partial charge in [-0.15, -0.1) is 0 Å². The summed E-state index contributed by atoms with van der Waals surface area (Å²) >= 11 is 0. The molecule has 1 N–H and O–H groups in total. The fourth-order valence-corrected chi connectivity index (χ4v) is 4.53. The second-order valence-electron chi connectivity index (χ2n) is 11.9. The first-order chi connectivity index (χ1) is 23.6. The molecule has 0 aromatic carbocycles.